The van der Waals surface area contributed by atoms with Gasteiger partial charge >= 0.3 is 0 Å². The topological polar surface area (TPSA) is 36.0 Å². The Labute approximate surface area is 430 Å². The van der Waals surface area contributed by atoms with Crippen LogP contribution in [0.15, 0.2) is 244 Å². The largest absolute Gasteiger partial charge is 0.456 e. The van der Waals surface area contributed by atoms with E-state index in [4.69, 9.17) is 8.83 Å². The molecule has 0 radical (unpaired) electrons. The van der Waals surface area contributed by atoms with E-state index in [-0.39, 0.29) is 0 Å². The third kappa shape index (κ3) is 7.69. The van der Waals surface area contributed by atoms with Gasteiger partial charge in [-0.25, -0.2) is 0 Å². The van der Waals surface area contributed by atoms with Gasteiger partial charge < -0.3 is 23.5 Å². The maximum absolute atomic E-state index is 6.64. The number of thiophene rings is 2. The van der Waals surface area contributed by atoms with E-state index in [1.54, 1.807) is 22.7 Å². The molecule has 348 valence electrons. The van der Waals surface area contributed by atoms with E-state index in [1.165, 1.54) is 31.3 Å². The van der Waals surface area contributed by atoms with E-state index < -0.39 is 0 Å². The highest BCUT2D eigenvalue weighted by atomic mass is 32.1. The molecule has 14 aromatic rings. The first-order valence-corrected chi connectivity index (χ1v) is 26.3. The third-order valence-corrected chi connectivity index (χ3v) is 15.9. The van der Waals surface area contributed by atoms with Crippen LogP contribution in [0.5, 0.6) is 0 Å². The summed E-state index contributed by atoms with van der Waals surface area (Å²) in [5, 5.41) is 11.1. The summed E-state index contributed by atoms with van der Waals surface area (Å²) in [6.07, 6.45) is 0. The second kappa shape index (κ2) is 17.5. The van der Waals surface area contributed by atoms with Crippen LogP contribution in [0.1, 0.15) is 11.1 Å². The fourth-order valence-corrected chi connectivity index (χ4v) is 12.0. The van der Waals surface area contributed by atoms with Crippen LogP contribution in [0.2, 0.25) is 0 Å². The lowest BCUT2D eigenvalue weighted by Gasteiger charge is -2.26. The molecule has 0 aliphatic carbocycles. The predicted molar refractivity (Wildman–Crippen MR) is 311 cm³/mol. The van der Waals surface area contributed by atoms with Gasteiger partial charge in [0.2, 0.25) is 0 Å². The molecule has 4 heterocycles. The Bertz CT molecular complexity index is 4360. The predicted octanol–water partition coefficient (Wildman–Crippen LogP) is 20.6. The van der Waals surface area contributed by atoms with Crippen molar-refractivity contribution in [2.75, 3.05) is 14.7 Å². The molecule has 0 aliphatic heterocycles. The SMILES string of the molecule is Cc1ccc(N(c2ccccc2)c2ccc(-c3ccc(N(c4ccc5sccc5c4)c4ccc5oc6ccc(N(c7ccc8sccc8c7)c7ccc8oc9ccc(C)cc9c8c7)cc6c5c4)cc3)cc2)cc1. The molecule has 0 atom stereocenters. The van der Waals surface area contributed by atoms with Gasteiger partial charge in [0, 0.05) is 82.1 Å². The second-order valence-corrected chi connectivity index (χ2v) is 20.7. The number of hydrogen-bond donors (Lipinski definition) is 0. The molecule has 7 heteroatoms. The number of aryl methyl sites for hydroxylation is 2. The Morgan fingerprint density at radius 1 is 0.288 bits per heavy atom. The molecule has 0 spiro atoms. The summed E-state index contributed by atoms with van der Waals surface area (Å²) in [5.41, 5.74) is 17.9. The minimum absolute atomic E-state index is 0.836. The Morgan fingerprint density at radius 3 is 1.11 bits per heavy atom. The summed E-state index contributed by atoms with van der Waals surface area (Å²) < 4.78 is 15.5. The zero-order valence-electron chi connectivity index (χ0n) is 40.0. The monoisotopic (exact) mass is 975 g/mol. The van der Waals surface area contributed by atoms with Gasteiger partial charge in [-0.05, 0) is 210 Å². The van der Waals surface area contributed by atoms with Crippen molar-refractivity contribution < 1.29 is 8.83 Å². The van der Waals surface area contributed by atoms with Crippen LogP contribution in [0.3, 0.4) is 0 Å². The molecule has 0 N–H and O–H groups in total. The number of para-hydroxylation sites is 1. The first-order valence-electron chi connectivity index (χ1n) is 24.5. The van der Waals surface area contributed by atoms with Gasteiger partial charge in [-0.15, -0.1) is 22.7 Å². The minimum Gasteiger partial charge on any atom is -0.456 e. The lowest BCUT2D eigenvalue weighted by atomic mass is 10.0. The summed E-state index contributed by atoms with van der Waals surface area (Å²) in [6.45, 7) is 4.26. The van der Waals surface area contributed by atoms with Crippen LogP contribution in [-0.4, -0.2) is 0 Å². The van der Waals surface area contributed by atoms with Crippen molar-refractivity contribution in [1.82, 2.24) is 0 Å². The lowest BCUT2D eigenvalue weighted by Crippen LogP contribution is -2.10. The van der Waals surface area contributed by atoms with Crippen molar-refractivity contribution in [3.63, 3.8) is 0 Å². The van der Waals surface area contributed by atoms with Gasteiger partial charge in [0.1, 0.15) is 22.3 Å². The van der Waals surface area contributed by atoms with Crippen molar-refractivity contribution in [3.8, 4) is 11.1 Å². The highest BCUT2D eigenvalue weighted by molar-refractivity contribution is 7.17. The Morgan fingerprint density at radius 2 is 0.630 bits per heavy atom. The number of anilines is 9. The van der Waals surface area contributed by atoms with Crippen molar-refractivity contribution in [1.29, 1.82) is 0 Å². The molecule has 0 amide bonds. The van der Waals surface area contributed by atoms with Gasteiger partial charge in [0.15, 0.2) is 0 Å². The van der Waals surface area contributed by atoms with Gasteiger partial charge in [-0.3, -0.25) is 0 Å². The van der Waals surface area contributed by atoms with Gasteiger partial charge in [-0.1, -0.05) is 71.8 Å². The van der Waals surface area contributed by atoms with Crippen molar-refractivity contribution in [3.05, 3.63) is 246 Å². The van der Waals surface area contributed by atoms with Crippen LogP contribution in [0.4, 0.5) is 51.2 Å². The zero-order valence-corrected chi connectivity index (χ0v) is 41.6. The first kappa shape index (κ1) is 43.0. The molecule has 0 saturated carbocycles. The van der Waals surface area contributed by atoms with Gasteiger partial charge in [0.05, 0.1) is 0 Å². The summed E-state index contributed by atoms with van der Waals surface area (Å²) in [7, 11) is 0. The van der Waals surface area contributed by atoms with E-state index in [0.29, 0.717) is 0 Å². The van der Waals surface area contributed by atoms with Crippen LogP contribution >= 0.6 is 22.7 Å². The molecule has 5 nitrogen and oxygen atoms in total. The molecule has 0 saturated heterocycles. The van der Waals surface area contributed by atoms with Gasteiger partial charge in [0.25, 0.3) is 0 Å². The average molecular weight is 976 g/mol. The molecule has 0 unspecified atom stereocenters. The van der Waals surface area contributed by atoms with Crippen LogP contribution in [-0.2, 0) is 0 Å². The summed E-state index contributed by atoms with van der Waals surface area (Å²) in [6, 6.07) is 81.1. The molecule has 14 rings (SSSR count). The highest BCUT2D eigenvalue weighted by Crippen LogP contribution is 2.45. The highest BCUT2D eigenvalue weighted by Gasteiger charge is 2.21. The number of rotatable bonds is 10. The number of furan rings is 2. The van der Waals surface area contributed by atoms with E-state index in [2.05, 4.69) is 264 Å². The second-order valence-electron chi connectivity index (χ2n) is 18.8. The van der Waals surface area contributed by atoms with E-state index in [9.17, 15) is 0 Å². The van der Waals surface area contributed by atoms with Crippen molar-refractivity contribution in [2.24, 2.45) is 0 Å². The number of fused-ring (bicyclic) bond motifs is 8. The Kier molecular flexibility index (Phi) is 10.3. The summed E-state index contributed by atoms with van der Waals surface area (Å²) in [4.78, 5) is 7.02. The van der Waals surface area contributed by atoms with E-state index in [1.807, 2.05) is 0 Å². The maximum Gasteiger partial charge on any atom is 0.135 e. The Hall–Kier alpha value is -8.88. The molecule has 0 fully saturated rings. The first-order chi connectivity index (χ1) is 35.9. The molecule has 10 aromatic carbocycles. The summed E-state index contributed by atoms with van der Waals surface area (Å²) in [5.74, 6) is 0. The normalized spacial score (nSPS) is 11.7. The lowest BCUT2D eigenvalue weighted by molar-refractivity contribution is 0.668. The van der Waals surface area contributed by atoms with Crippen LogP contribution in [0.25, 0.3) is 75.2 Å². The third-order valence-electron chi connectivity index (χ3n) is 14.1. The van der Waals surface area contributed by atoms with E-state index >= 15 is 0 Å². The average Bonchev–Trinajstić information content (AvgIpc) is 4.25. The molecular formula is C66H45N3O2S2. The van der Waals surface area contributed by atoms with Crippen LogP contribution < -0.4 is 14.7 Å². The fourth-order valence-electron chi connectivity index (χ4n) is 10.5. The smallest absolute Gasteiger partial charge is 0.135 e. The number of nitrogens with zero attached hydrogens (tertiary/aromatic N) is 3. The zero-order chi connectivity index (χ0) is 48.6. The quantitative estimate of drug-likeness (QED) is 0.136. The number of benzene rings is 10. The van der Waals surface area contributed by atoms with Crippen molar-refractivity contribution in [2.45, 2.75) is 13.8 Å². The Balaban J connectivity index is 0.857. The molecule has 4 aromatic heterocycles. The van der Waals surface area contributed by atoms with Gasteiger partial charge in [-0.2, -0.15) is 0 Å². The van der Waals surface area contributed by atoms with E-state index in [0.717, 1.165) is 106 Å². The maximum atomic E-state index is 6.64. The molecule has 73 heavy (non-hydrogen) atoms. The molecular weight excluding hydrogens is 931 g/mol. The molecule has 0 bridgehead atoms. The minimum atomic E-state index is 0.836. The summed E-state index contributed by atoms with van der Waals surface area (Å²) >= 11 is 3.53. The van der Waals surface area contributed by atoms with Crippen molar-refractivity contribution >= 4 is 138 Å². The number of hydrogen-bond acceptors (Lipinski definition) is 7. The standard InChI is InChI=1S/C66H45N3O2S2/c1-42-8-15-49(16-9-42)67(48-6-4-3-5-7-48)50-17-11-44(12-18-50)45-13-19-51(20-14-45)68(52-24-30-65-46(37-52)32-34-72-65)54-21-27-63-59(39-54)60-41-56(23-29-64(60)71-63)69(53-25-31-66-47(38-53)33-35-73-66)55-22-28-62-58(40-55)57-36-43(2)10-26-61(57)70-62/h3-41H,1-2H3. The fraction of sp³-hybridized carbons (Fsp3) is 0.0303. The van der Waals surface area contributed by atoms with Crippen LogP contribution in [0, 0.1) is 13.8 Å². The molecule has 0 aliphatic rings.